The van der Waals surface area contributed by atoms with E-state index in [4.69, 9.17) is 4.74 Å². The first kappa shape index (κ1) is 21.4. The Hall–Kier alpha value is -2.32. The molecule has 0 aliphatic carbocycles. The van der Waals surface area contributed by atoms with Gasteiger partial charge < -0.3 is 9.64 Å². The standard InChI is InChI=1S/C21H23NO5S2/c1-16-7-5-6-10-19(16)28-14-21(24)27-13-20(23)22(17-8-3-2-4-9-17)18-11-12-29(25,26)15-18/h2-10,18H,11-15H2,1H3. The largest absolute Gasteiger partial charge is 0.455 e. The van der Waals surface area contributed by atoms with Crippen molar-refractivity contribution >= 4 is 39.2 Å². The minimum Gasteiger partial charge on any atom is -0.455 e. The SMILES string of the molecule is Cc1ccccc1SCC(=O)OCC(=O)N(c1ccccc1)C1CCS(=O)(=O)C1. The van der Waals surface area contributed by atoms with Crippen molar-refractivity contribution in [2.75, 3.05) is 28.8 Å². The molecule has 1 aliphatic heterocycles. The number of hydrogen-bond donors (Lipinski definition) is 0. The van der Waals surface area contributed by atoms with Gasteiger partial charge in [0, 0.05) is 10.6 Å². The monoisotopic (exact) mass is 433 g/mol. The van der Waals surface area contributed by atoms with Crippen molar-refractivity contribution in [1.29, 1.82) is 0 Å². The van der Waals surface area contributed by atoms with E-state index in [9.17, 15) is 18.0 Å². The second-order valence-corrected chi connectivity index (χ2v) is 10.1. The average molecular weight is 434 g/mol. The number of thioether (sulfide) groups is 1. The molecule has 154 valence electrons. The topological polar surface area (TPSA) is 80.8 Å². The Morgan fingerprint density at radius 2 is 1.79 bits per heavy atom. The lowest BCUT2D eigenvalue weighted by atomic mass is 10.2. The summed E-state index contributed by atoms with van der Waals surface area (Å²) in [5.41, 5.74) is 1.67. The van der Waals surface area contributed by atoms with Crippen LogP contribution in [0.4, 0.5) is 5.69 Å². The van der Waals surface area contributed by atoms with Gasteiger partial charge in [0.2, 0.25) is 0 Å². The summed E-state index contributed by atoms with van der Waals surface area (Å²) < 4.78 is 29.0. The number of para-hydroxylation sites is 1. The van der Waals surface area contributed by atoms with Crippen LogP contribution in [-0.4, -0.2) is 50.2 Å². The van der Waals surface area contributed by atoms with Gasteiger partial charge in [-0.05, 0) is 37.1 Å². The molecule has 8 heteroatoms. The highest BCUT2D eigenvalue weighted by atomic mass is 32.2. The number of hydrogen-bond acceptors (Lipinski definition) is 6. The van der Waals surface area contributed by atoms with Gasteiger partial charge in [-0.15, -0.1) is 11.8 Å². The van der Waals surface area contributed by atoms with Gasteiger partial charge >= 0.3 is 5.97 Å². The highest BCUT2D eigenvalue weighted by Crippen LogP contribution is 2.25. The Labute approximate surface area is 175 Å². The number of sulfone groups is 1. The molecule has 0 saturated carbocycles. The number of rotatable bonds is 7. The van der Waals surface area contributed by atoms with Gasteiger partial charge in [0.25, 0.3) is 5.91 Å². The minimum absolute atomic E-state index is 0.0567. The third-order valence-electron chi connectivity index (χ3n) is 4.67. The Morgan fingerprint density at radius 1 is 1.10 bits per heavy atom. The zero-order valence-electron chi connectivity index (χ0n) is 16.1. The predicted molar refractivity (Wildman–Crippen MR) is 114 cm³/mol. The number of anilines is 1. The van der Waals surface area contributed by atoms with Crippen LogP contribution in [0.5, 0.6) is 0 Å². The van der Waals surface area contributed by atoms with Crippen molar-refractivity contribution < 1.29 is 22.7 Å². The maximum absolute atomic E-state index is 12.8. The number of aryl methyl sites for hydroxylation is 1. The van der Waals surface area contributed by atoms with Crippen LogP contribution >= 0.6 is 11.8 Å². The molecule has 2 aromatic carbocycles. The smallest absolute Gasteiger partial charge is 0.316 e. The van der Waals surface area contributed by atoms with E-state index in [1.807, 2.05) is 37.3 Å². The summed E-state index contributed by atoms with van der Waals surface area (Å²) in [4.78, 5) is 27.4. The van der Waals surface area contributed by atoms with Gasteiger partial charge in [-0.1, -0.05) is 36.4 Å². The minimum atomic E-state index is -3.16. The van der Waals surface area contributed by atoms with E-state index in [2.05, 4.69) is 0 Å². The molecule has 0 aromatic heterocycles. The van der Waals surface area contributed by atoms with Crippen LogP contribution in [0, 0.1) is 6.92 Å². The molecule has 1 unspecified atom stereocenters. The van der Waals surface area contributed by atoms with Gasteiger partial charge in [0.05, 0.1) is 23.3 Å². The molecular weight excluding hydrogens is 410 g/mol. The molecule has 1 heterocycles. The van der Waals surface area contributed by atoms with E-state index in [1.165, 1.54) is 16.7 Å². The van der Waals surface area contributed by atoms with E-state index in [-0.39, 0.29) is 17.3 Å². The number of esters is 1. The first-order valence-corrected chi connectivity index (χ1v) is 12.1. The molecule has 2 aromatic rings. The van der Waals surface area contributed by atoms with Crippen LogP contribution in [0.1, 0.15) is 12.0 Å². The lowest BCUT2D eigenvalue weighted by Crippen LogP contribution is -2.43. The van der Waals surface area contributed by atoms with Crippen molar-refractivity contribution in [3.63, 3.8) is 0 Å². The molecule has 3 rings (SSSR count). The summed E-state index contributed by atoms with van der Waals surface area (Å²) in [6, 6.07) is 16.1. The maximum atomic E-state index is 12.8. The fraction of sp³-hybridized carbons (Fsp3) is 0.333. The molecule has 1 aliphatic rings. The molecule has 1 amide bonds. The Balaban J connectivity index is 1.61. The van der Waals surface area contributed by atoms with Crippen molar-refractivity contribution in [2.45, 2.75) is 24.3 Å². The number of carbonyl (C=O) groups is 2. The lowest BCUT2D eigenvalue weighted by Gasteiger charge is -2.28. The fourth-order valence-electron chi connectivity index (χ4n) is 3.23. The molecule has 0 radical (unpaired) electrons. The van der Waals surface area contributed by atoms with E-state index < -0.39 is 34.4 Å². The van der Waals surface area contributed by atoms with E-state index in [1.54, 1.807) is 24.3 Å². The molecule has 1 atom stereocenters. The number of amides is 1. The van der Waals surface area contributed by atoms with Gasteiger partial charge in [-0.25, -0.2) is 8.42 Å². The molecule has 0 N–H and O–H groups in total. The van der Waals surface area contributed by atoms with E-state index in [0.717, 1.165) is 10.5 Å². The number of carbonyl (C=O) groups excluding carboxylic acids is 2. The van der Waals surface area contributed by atoms with Gasteiger partial charge in [-0.2, -0.15) is 0 Å². The van der Waals surface area contributed by atoms with E-state index in [0.29, 0.717) is 12.1 Å². The zero-order chi connectivity index (χ0) is 20.9. The van der Waals surface area contributed by atoms with Crippen molar-refractivity contribution in [2.24, 2.45) is 0 Å². The lowest BCUT2D eigenvalue weighted by molar-refractivity contribution is -0.145. The molecule has 6 nitrogen and oxygen atoms in total. The van der Waals surface area contributed by atoms with Gasteiger partial charge in [-0.3, -0.25) is 9.59 Å². The summed E-state index contributed by atoms with van der Waals surface area (Å²) >= 11 is 1.36. The van der Waals surface area contributed by atoms with Crippen LogP contribution in [0.3, 0.4) is 0 Å². The third kappa shape index (κ3) is 5.83. The summed E-state index contributed by atoms with van der Waals surface area (Å²) in [5.74, 6) is -0.834. The Morgan fingerprint density at radius 3 is 2.45 bits per heavy atom. The van der Waals surface area contributed by atoms with E-state index >= 15 is 0 Å². The normalized spacial score (nSPS) is 17.6. The van der Waals surface area contributed by atoms with Crippen molar-refractivity contribution in [1.82, 2.24) is 0 Å². The number of benzene rings is 2. The quantitative estimate of drug-likeness (QED) is 0.493. The van der Waals surface area contributed by atoms with Crippen LogP contribution in [0.25, 0.3) is 0 Å². The van der Waals surface area contributed by atoms with Crippen LogP contribution < -0.4 is 4.90 Å². The van der Waals surface area contributed by atoms with Gasteiger partial charge in [0.1, 0.15) is 0 Å². The van der Waals surface area contributed by atoms with Crippen LogP contribution in [0.2, 0.25) is 0 Å². The van der Waals surface area contributed by atoms with Crippen LogP contribution in [-0.2, 0) is 24.2 Å². The van der Waals surface area contributed by atoms with Crippen molar-refractivity contribution in [3.8, 4) is 0 Å². The molecule has 1 saturated heterocycles. The highest BCUT2D eigenvalue weighted by Gasteiger charge is 2.35. The summed E-state index contributed by atoms with van der Waals surface area (Å²) in [7, 11) is -3.16. The summed E-state index contributed by atoms with van der Waals surface area (Å²) in [6.07, 6.45) is 0.375. The van der Waals surface area contributed by atoms with Gasteiger partial charge in [0.15, 0.2) is 16.4 Å². The number of nitrogens with zero attached hydrogens (tertiary/aromatic N) is 1. The predicted octanol–water partition coefficient (Wildman–Crippen LogP) is 2.85. The first-order valence-electron chi connectivity index (χ1n) is 9.27. The van der Waals surface area contributed by atoms with Crippen LogP contribution in [0.15, 0.2) is 59.5 Å². The van der Waals surface area contributed by atoms with Crippen molar-refractivity contribution in [3.05, 3.63) is 60.2 Å². The molecule has 0 spiro atoms. The third-order valence-corrected chi connectivity index (χ3v) is 7.57. The second kappa shape index (κ2) is 9.45. The zero-order valence-corrected chi connectivity index (χ0v) is 17.7. The molecule has 29 heavy (non-hydrogen) atoms. The second-order valence-electron chi connectivity index (χ2n) is 6.87. The number of ether oxygens (including phenoxy) is 1. The molecule has 1 fully saturated rings. The average Bonchev–Trinajstić information content (AvgIpc) is 3.06. The maximum Gasteiger partial charge on any atom is 0.316 e. The fourth-order valence-corrected chi connectivity index (χ4v) is 5.76. The summed E-state index contributed by atoms with van der Waals surface area (Å²) in [5, 5.41) is 0. The highest BCUT2D eigenvalue weighted by molar-refractivity contribution is 8.00. The first-order chi connectivity index (χ1) is 13.9. The summed E-state index contributed by atoms with van der Waals surface area (Å²) in [6.45, 7) is 1.54. The molecular formula is C21H23NO5S2. The Bertz CT molecular complexity index is 976. The molecule has 0 bridgehead atoms. The Kier molecular flexibility index (Phi) is 6.97.